The number of rotatable bonds is 7. The summed E-state index contributed by atoms with van der Waals surface area (Å²) >= 11 is 0. The van der Waals surface area contributed by atoms with Gasteiger partial charge in [0.15, 0.2) is 6.04 Å². The highest BCUT2D eigenvalue weighted by atomic mass is 16.2. The van der Waals surface area contributed by atoms with Gasteiger partial charge in [0.25, 0.3) is 5.91 Å². The Morgan fingerprint density at radius 2 is 1.39 bits per heavy atom. The van der Waals surface area contributed by atoms with Gasteiger partial charge in [0.1, 0.15) is 6.54 Å². The first kappa shape index (κ1) is 19.8. The van der Waals surface area contributed by atoms with Crippen molar-refractivity contribution < 1.29 is 9.69 Å². The van der Waals surface area contributed by atoms with Crippen LogP contribution in [0.15, 0.2) is 84.9 Å². The average molecular weight is 374 g/mol. The fourth-order valence-corrected chi connectivity index (χ4v) is 3.49. The molecule has 0 aromatic heterocycles. The van der Waals surface area contributed by atoms with E-state index < -0.39 is 0 Å². The summed E-state index contributed by atoms with van der Waals surface area (Å²) in [5.74, 6) is 0.486. The summed E-state index contributed by atoms with van der Waals surface area (Å²) in [6, 6.07) is 28.2. The smallest absolute Gasteiger partial charge is 0.287 e. The second kappa shape index (κ2) is 9.34. The van der Waals surface area contributed by atoms with E-state index in [1.54, 1.807) is 0 Å². The molecule has 3 aromatic rings. The molecule has 0 aliphatic rings. The van der Waals surface area contributed by atoms with Crippen molar-refractivity contribution in [3.63, 3.8) is 0 Å². The fourth-order valence-electron chi connectivity index (χ4n) is 3.49. The van der Waals surface area contributed by atoms with E-state index in [0.29, 0.717) is 5.92 Å². The lowest BCUT2D eigenvalue weighted by molar-refractivity contribution is -0.915. The van der Waals surface area contributed by atoms with Crippen molar-refractivity contribution in [1.82, 2.24) is 0 Å². The third-order valence-corrected chi connectivity index (χ3v) is 5.06. The van der Waals surface area contributed by atoms with E-state index >= 15 is 0 Å². The van der Waals surface area contributed by atoms with E-state index in [1.165, 1.54) is 11.1 Å². The molecule has 0 fully saturated rings. The van der Waals surface area contributed by atoms with E-state index in [2.05, 4.69) is 50.5 Å². The molecule has 2 atom stereocenters. The molecule has 3 nitrogen and oxygen atoms in total. The van der Waals surface area contributed by atoms with E-state index in [4.69, 9.17) is 0 Å². The molecule has 2 unspecified atom stereocenters. The Morgan fingerprint density at radius 3 is 1.96 bits per heavy atom. The van der Waals surface area contributed by atoms with Crippen LogP contribution in [0.2, 0.25) is 0 Å². The standard InChI is InChI=1S/C25H28N2O/c1-19(2)21-14-16-23(17-15-21)26-25(28)24(22-12-8-5-9-13-22)27(3)18-20-10-6-4-7-11-20/h4-17,19,24H,18H2,1-3H3,(H,26,28)/p+1. The van der Waals surface area contributed by atoms with Crippen molar-refractivity contribution in [1.29, 1.82) is 0 Å². The Morgan fingerprint density at radius 1 is 0.821 bits per heavy atom. The Bertz CT molecular complexity index is 873. The molecule has 0 saturated carbocycles. The monoisotopic (exact) mass is 373 g/mol. The van der Waals surface area contributed by atoms with E-state index in [9.17, 15) is 4.79 Å². The van der Waals surface area contributed by atoms with E-state index in [0.717, 1.165) is 22.7 Å². The second-order valence-electron chi connectivity index (χ2n) is 7.62. The van der Waals surface area contributed by atoms with Gasteiger partial charge in [-0.3, -0.25) is 4.79 Å². The van der Waals surface area contributed by atoms with Crippen molar-refractivity contribution >= 4 is 11.6 Å². The fraction of sp³-hybridized carbons (Fsp3) is 0.240. The summed E-state index contributed by atoms with van der Waals surface area (Å²) in [7, 11) is 2.08. The quantitative estimate of drug-likeness (QED) is 0.639. The third kappa shape index (κ3) is 5.08. The number of anilines is 1. The van der Waals surface area contributed by atoms with Gasteiger partial charge in [0.2, 0.25) is 0 Å². The number of amides is 1. The van der Waals surface area contributed by atoms with Gasteiger partial charge in [-0.1, -0.05) is 86.6 Å². The largest absolute Gasteiger partial charge is 0.321 e. The molecule has 0 bridgehead atoms. The molecule has 2 N–H and O–H groups in total. The first-order chi connectivity index (χ1) is 13.5. The number of quaternary nitrogens is 1. The molecule has 144 valence electrons. The Labute approximate surface area is 168 Å². The van der Waals surface area contributed by atoms with Crippen molar-refractivity contribution in [2.75, 3.05) is 12.4 Å². The van der Waals surface area contributed by atoms with Crippen LogP contribution in [0.4, 0.5) is 5.69 Å². The summed E-state index contributed by atoms with van der Waals surface area (Å²) in [6.07, 6.45) is 0. The molecule has 3 rings (SSSR count). The highest BCUT2D eigenvalue weighted by molar-refractivity contribution is 5.94. The minimum Gasteiger partial charge on any atom is -0.321 e. The number of nitrogens with one attached hydrogen (secondary N) is 2. The first-order valence-corrected chi connectivity index (χ1v) is 9.86. The molecular formula is C25H29N2O+. The molecule has 0 saturated heterocycles. The van der Waals surface area contributed by atoms with E-state index in [-0.39, 0.29) is 11.9 Å². The van der Waals surface area contributed by atoms with Crippen LogP contribution in [0.3, 0.4) is 0 Å². The topological polar surface area (TPSA) is 33.5 Å². The third-order valence-electron chi connectivity index (χ3n) is 5.06. The minimum absolute atomic E-state index is 0.0110. The van der Waals surface area contributed by atoms with Crippen LogP contribution in [0.25, 0.3) is 0 Å². The number of hydrogen-bond donors (Lipinski definition) is 2. The maximum atomic E-state index is 13.2. The van der Waals surface area contributed by atoms with Crippen molar-refractivity contribution in [3.05, 3.63) is 102 Å². The van der Waals surface area contributed by atoms with Gasteiger partial charge in [-0.05, 0) is 23.6 Å². The highest BCUT2D eigenvalue weighted by Crippen LogP contribution is 2.19. The summed E-state index contributed by atoms with van der Waals surface area (Å²) in [6.45, 7) is 5.11. The van der Waals surface area contributed by atoms with Gasteiger partial charge < -0.3 is 10.2 Å². The average Bonchev–Trinajstić information content (AvgIpc) is 2.70. The first-order valence-electron chi connectivity index (χ1n) is 9.86. The molecule has 3 heteroatoms. The Hall–Kier alpha value is -2.91. The van der Waals surface area contributed by atoms with Crippen LogP contribution in [0.1, 0.15) is 42.5 Å². The minimum atomic E-state index is -0.286. The number of hydrogen-bond acceptors (Lipinski definition) is 1. The molecule has 28 heavy (non-hydrogen) atoms. The highest BCUT2D eigenvalue weighted by Gasteiger charge is 2.29. The zero-order chi connectivity index (χ0) is 19.9. The molecule has 0 spiro atoms. The van der Waals surface area contributed by atoms with Crippen molar-refractivity contribution in [2.24, 2.45) is 0 Å². The van der Waals surface area contributed by atoms with Crippen LogP contribution in [-0.4, -0.2) is 13.0 Å². The van der Waals surface area contributed by atoms with E-state index in [1.807, 2.05) is 60.7 Å². The number of carbonyl (C=O) groups excluding carboxylic acids is 1. The van der Waals surface area contributed by atoms with Crippen molar-refractivity contribution in [2.45, 2.75) is 32.4 Å². The second-order valence-corrected chi connectivity index (χ2v) is 7.62. The SMILES string of the molecule is CC(C)c1ccc(NC(=O)C(c2ccccc2)[NH+](C)Cc2ccccc2)cc1. The zero-order valence-electron chi connectivity index (χ0n) is 16.9. The molecular weight excluding hydrogens is 344 g/mol. The van der Waals surface area contributed by atoms with Gasteiger partial charge in [0.05, 0.1) is 7.05 Å². The lowest BCUT2D eigenvalue weighted by atomic mass is 10.0. The zero-order valence-corrected chi connectivity index (χ0v) is 16.9. The molecule has 1 amide bonds. The summed E-state index contributed by atoms with van der Waals surface area (Å²) in [4.78, 5) is 14.4. The predicted octanol–water partition coefficient (Wildman–Crippen LogP) is 4.20. The van der Waals surface area contributed by atoms with Crippen LogP contribution < -0.4 is 10.2 Å². The van der Waals surface area contributed by atoms with Gasteiger partial charge in [0, 0.05) is 16.8 Å². The van der Waals surface area contributed by atoms with Crippen molar-refractivity contribution in [3.8, 4) is 0 Å². The van der Waals surface area contributed by atoms with Crippen LogP contribution in [-0.2, 0) is 11.3 Å². The lowest BCUT2D eigenvalue weighted by Gasteiger charge is -2.25. The molecule has 0 aliphatic heterocycles. The number of benzene rings is 3. The molecule has 0 heterocycles. The Balaban J connectivity index is 1.80. The summed E-state index contributed by atoms with van der Waals surface area (Å²) < 4.78 is 0. The summed E-state index contributed by atoms with van der Waals surface area (Å²) in [5.41, 5.74) is 4.34. The number of likely N-dealkylation sites (N-methyl/N-ethyl adjacent to an activating group) is 1. The Kier molecular flexibility index (Phi) is 6.62. The molecule has 0 aliphatic carbocycles. The summed E-state index contributed by atoms with van der Waals surface area (Å²) in [5, 5.41) is 3.11. The maximum absolute atomic E-state index is 13.2. The maximum Gasteiger partial charge on any atom is 0.287 e. The lowest BCUT2D eigenvalue weighted by Crippen LogP contribution is -3.09. The van der Waals surface area contributed by atoms with Crippen LogP contribution in [0.5, 0.6) is 0 Å². The van der Waals surface area contributed by atoms with Gasteiger partial charge in [-0.2, -0.15) is 0 Å². The van der Waals surface area contributed by atoms with Gasteiger partial charge >= 0.3 is 0 Å². The van der Waals surface area contributed by atoms with Crippen LogP contribution in [0, 0.1) is 0 Å². The van der Waals surface area contributed by atoms with Crippen LogP contribution >= 0.6 is 0 Å². The number of carbonyl (C=O) groups is 1. The van der Waals surface area contributed by atoms with Gasteiger partial charge in [-0.15, -0.1) is 0 Å². The molecule has 3 aromatic carbocycles. The normalized spacial score (nSPS) is 13.1. The molecule has 0 radical (unpaired) electrons. The van der Waals surface area contributed by atoms with Gasteiger partial charge in [-0.25, -0.2) is 0 Å². The predicted molar refractivity (Wildman–Crippen MR) is 115 cm³/mol.